The van der Waals surface area contributed by atoms with Crippen LogP contribution < -0.4 is 4.74 Å². The topological polar surface area (TPSA) is 102 Å². The second-order valence-corrected chi connectivity index (χ2v) is 6.40. The van der Waals surface area contributed by atoms with Gasteiger partial charge in [-0.2, -0.15) is 0 Å². The van der Waals surface area contributed by atoms with Crippen molar-refractivity contribution in [2.75, 3.05) is 59.5 Å². The second-order valence-electron chi connectivity index (χ2n) is 6.40. The summed E-state index contributed by atoms with van der Waals surface area (Å²) in [6.45, 7) is 7.63. The molecule has 2 rings (SSSR count). The SMILES string of the molecule is CC(=O)CCOCCOCCOCCOCCOc1ccc(-c2nnc(C)o2)cc1. The van der Waals surface area contributed by atoms with Gasteiger partial charge in [0.05, 0.1) is 52.9 Å². The highest BCUT2D eigenvalue weighted by Crippen LogP contribution is 2.21. The molecule has 0 saturated carbocycles. The summed E-state index contributed by atoms with van der Waals surface area (Å²) in [6.07, 6.45) is 0.446. The molecule has 9 nitrogen and oxygen atoms in total. The van der Waals surface area contributed by atoms with Crippen molar-refractivity contribution in [3.63, 3.8) is 0 Å². The summed E-state index contributed by atoms with van der Waals surface area (Å²) in [6, 6.07) is 7.45. The number of ether oxygens (including phenoxy) is 5. The first kappa shape index (κ1) is 23.9. The van der Waals surface area contributed by atoms with Crippen LogP contribution in [0.15, 0.2) is 28.7 Å². The number of aryl methyl sites for hydroxylation is 1. The molecule has 0 aliphatic heterocycles. The molecule has 9 heteroatoms. The standard InChI is InChI=1S/C21H30N2O7/c1-17(24)7-8-25-9-10-26-11-12-27-13-14-28-15-16-29-20-5-3-19(4-6-20)21-23-22-18(2)30-21/h3-6H,7-16H2,1-2H3. The van der Waals surface area contributed by atoms with Crippen LogP contribution >= 0.6 is 0 Å². The fraction of sp³-hybridized carbons (Fsp3) is 0.571. The molecule has 30 heavy (non-hydrogen) atoms. The number of carbonyl (C=O) groups is 1. The van der Waals surface area contributed by atoms with Crippen molar-refractivity contribution in [1.82, 2.24) is 10.2 Å². The molecule has 0 unspecified atom stereocenters. The third-order valence-corrected chi connectivity index (χ3v) is 3.84. The molecule has 166 valence electrons. The number of ketones is 1. The summed E-state index contributed by atoms with van der Waals surface area (Å²) in [7, 11) is 0. The molecule has 1 aromatic heterocycles. The number of aromatic nitrogens is 2. The molecule has 0 amide bonds. The van der Waals surface area contributed by atoms with Crippen molar-refractivity contribution in [2.24, 2.45) is 0 Å². The number of benzene rings is 1. The molecule has 0 bridgehead atoms. The monoisotopic (exact) mass is 422 g/mol. The summed E-state index contributed by atoms with van der Waals surface area (Å²) >= 11 is 0. The molecule has 0 fully saturated rings. The van der Waals surface area contributed by atoms with Gasteiger partial charge in [0.25, 0.3) is 0 Å². The van der Waals surface area contributed by atoms with Gasteiger partial charge in [-0.05, 0) is 31.2 Å². The highest BCUT2D eigenvalue weighted by Gasteiger charge is 2.05. The lowest BCUT2D eigenvalue weighted by molar-refractivity contribution is -0.118. The Hall–Kier alpha value is -2.33. The Bertz CT molecular complexity index is 718. The Labute approximate surface area is 176 Å². The zero-order chi connectivity index (χ0) is 21.4. The lowest BCUT2D eigenvalue weighted by Crippen LogP contribution is -2.14. The van der Waals surface area contributed by atoms with Crippen LogP contribution in [-0.4, -0.2) is 75.4 Å². The van der Waals surface area contributed by atoms with Gasteiger partial charge in [-0.15, -0.1) is 10.2 Å². The highest BCUT2D eigenvalue weighted by atomic mass is 16.6. The molecule has 0 aliphatic rings. The number of hydrogen-bond donors (Lipinski definition) is 0. The van der Waals surface area contributed by atoms with Gasteiger partial charge >= 0.3 is 0 Å². The molecule has 2 aromatic rings. The van der Waals surface area contributed by atoms with Crippen molar-refractivity contribution in [1.29, 1.82) is 0 Å². The number of rotatable bonds is 17. The molecular weight excluding hydrogens is 392 g/mol. The molecule has 0 atom stereocenters. The minimum atomic E-state index is 0.128. The van der Waals surface area contributed by atoms with Gasteiger partial charge < -0.3 is 28.1 Å². The largest absolute Gasteiger partial charge is 0.491 e. The molecule has 0 radical (unpaired) electrons. The molecule has 1 heterocycles. The maximum absolute atomic E-state index is 10.7. The van der Waals surface area contributed by atoms with E-state index in [0.717, 1.165) is 11.3 Å². The first-order valence-corrected chi connectivity index (χ1v) is 9.99. The van der Waals surface area contributed by atoms with Crippen molar-refractivity contribution >= 4 is 5.78 Å². The summed E-state index contributed by atoms with van der Waals surface area (Å²) < 4.78 is 32.5. The zero-order valence-corrected chi connectivity index (χ0v) is 17.6. The van der Waals surface area contributed by atoms with Gasteiger partial charge in [-0.3, -0.25) is 4.79 Å². The van der Waals surface area contributed by atoms with Crippen molar-refractivity contribution < 1.29 is 32.9 Å². The van der Waals surface area contributed by atoms with Crippen LogP contribution in [0.4, 0.5) is 0 Å². The molecule has 0 aliphatic carbocycles. The first-order valence-electron chi connectivity index (χ1n) is 9.99. The van der Waals surface area contributed by atoms with Crippen LogP contribution in [-0.2, 0) is 23.7 Å². The third kappa shape index (κ3) is 10.4. The quantitative estimate of drug-likeness (QED) is 0.356. The van der Waals surface area contributed by atoms with Crippen LogP contribution in [0.3, 0.4) is 0 Å². The maximum Gasteiger partial charge on any atom is 0.247 e. The Kier molecular flexibility index (Phi) is 11.7. The minimum Gasteiger partial charge on any atom is -0.491 e. The molecule has 0 saturated heterocycles. The van der Waals surface area contributed by atoms with E-state index in [2.05, 4.69) is 10.2 Å². The highest BCUT2D eigenvalue weighted by molar-refractivity contribution is 5.75. The predicted molar refractivity (Wildman–Crippen MR) is 109 cm³/mol. The fourth-order valence-corrected chi connectivity index (χ4v) is 2.30. The number of hydrogen-bond acceptors (Lipinski definition) is 9. The van der Waals surface area contributed by atoms with Crippen LogP contribution in [0.25, 0.3) is 11.5 Å². The Morgan fingerprint density at radius 2 is 1.33 bits per heavy atom. The summed E-state index contributed by atoms with van der Waals surface area (Å²) in [4.78, 5) is 10.7. The van der Waals surface area contributed by atoms with Crippen molar-refractivity contribution in [3.8, 4) is 17.2 Å². The predicted octanol–water partition coefficient (Wildman–Crippen LogP) is 2.47. The van der Waals surface area contributed by atoms with Crippen LogP contribution in [0.2, 0.25) is 0 Å². The van der Waals surface area contributed by atoms with E-state index >= 15 is 0 Å². The van der Waals surface area contributed by atoms with E-state index in [1.165, 1.54) is 0 Å². The van der Waals surface area contributed by atoms with E-state index in [0.29, 0.717) is 77.7 Å². The van der Waals surface area contributed by atoms with Gasteiger partial charge in [-0.25, -0.2) is 0 Å². The smallest absolute Gasteiger partial charge is 0.247 e. The third-order valence-electron chi connectivity index (χ3n) is 3.84. The normalized spacial score (nSPS) is 11.0. The van der Waals surface area contributed by atoms with E-state index in [1.54, 1.807) is 13.8 Å². The molecule has 1 aromatic carbocycles. The van der Waals surface area contributed by atoms with E-state index in [-0.39, 0.29) is 5.78 Å². The molecule has 0 N–H and O–H groups in total. The van der Waals surface area contributed by atoms with Gasteiger partial charge in [0, 0.05) is 18.9 Å². The first-order chi connectivity index (χ1) is 14.6. The van der Waals surface area contributed by atoms with Gasteiger partial charge in [0.15, 0.2) is 0 Å². The molecule has 0 spiro atoms. The summed E-state index contributed by atoms with van der Waals surface area (Å²) in [5, 5.41) is 7.79. The average molecular weight is 422 g/mol. The van der Waals surface area contributed by atoms with Crippen molar-refractivity contribution in [3.05, 3.63) is 30.2 Å². The van der Waals surface area contributed by atoms with E-state index in [4.69, 9.17) is 28.1 Å². The lowest BCUT2D eigenvalue weighted by atomic mass is 10.2. The van der Waals surface area contributed by atoms with Crippen LogP contribution in [0.1, 0.15) is 19.2 Å². The molecular formula is C21H30N2O7. The minimum absolute atomic E-state index is 0.128. The summed E-state index contributed by atoms with van der Waals surface area (Å²) in [5.41, 5.74) is 0.848. The number of Topliss-reactive ketones (excluding diaryl/α,β-unsaturated/α-hetero) is 1. The van der Waals surface area contributed by atoms with E-state index in [9.17, 15) is 4.79 Å². The van der Waals surface area contributed by atoms with Gasteiger partial charge in [0.1, 0.15) is 18.1 Å². The maximum atomic E-state index is 10.7. The average Bonchev–Trinajstić information content (AvgIpc) is 3.17. The fourth-order valence-electron chi connectivity index (χ4n) is 2.30. The zero-order valence-electron chi connectivity index (χ0n) is 17.6. The van der Waals surface area contributed by atoms with Crippen LogP contribution in [0, 0.1) is 6.92 Å². The lowest BCUT2D eigenvalue weighted by Gasteiger charge is -2.08. The number of carbonyl (C=O) groups excluding carboxylic acids is 1. The second kappa shape index (κ2) is 14.6. The van der Waals surface area contributed by atoms with Crippen molar-refractivity contribution in [2.45, 2.75) is 20.3 Å². The van der Waals surface area contributed by atoms with Crippen LogP contribution in [0.5, 0.6) is 5.75 Å². The summed E-state index contributed by atoms with van der Waals surface area (Å²) in [5.74, 6) is 1.90. The number of nitrogens with zero attached hydrogens (tertiary/aromatic N) is 2. The van der Waals surface area contributed by atoms with Gasteiger partial charge in [0.2, 0.25) is 11.8 Å². The van der Waals surface area contributed by atoms with E-state index in [1.807, 2.05) is 24.3 Å². The Morgan fingerprint density at radius 1 is 0.800 bits per heavy atom. The van der Waals surface area contributed by atoms with E-state index < -0.39 is 0 Å². The Balaban J connectivity index is 1.38. The van der Waals surface area contributed by atoms with Gasteiger partial charge in [-0.1, -0.05) is 0 Å². The Morgan fingerprint density at radius 3 is 1.83 bits per heavy atom.